The Hall–Kier alpha value is -3.39. The van der Waals surface area contributed by atoms with Gasteiger partial charge in [-0.15, -0.1) is 0 Å². The van der Waals surface area contributed by atoms with Gasteiger partial charge >= 0.3 is 12.1 Å². The first-order chi connectivity index (χ1) is 16.0. The molecule has 1 unspecified atom stereocenters. The Labute approximate surface area is 192 Å². The maximum absolute atomic E-state index is 12.7. The van der Waals surface area contributed by atoms with E-state index in [1.807, 2.05) is 36.4 Å². The molecular weight excluding hydrogens is 424 g/mol. The summed E-state index contributed by atoms with van der Waals surface area (Å²) in [5, 5.41) is 14.4. The summed E-state index contributed by atoms with van der Waals surface area (Å²) in [5.41, 5.74) is 4.46. The fourth-order valence-electron chi connectivity index (χ4n) is 4.31. The van der Waals surface area contributed by atoms with Gasteiger partial charge in [0.05, 0.1) is 6.61 Å². The van der Waals surface area contributed by atoms with Crippen LogP contribution >= 0.6 is 0 Å². The number of carboxylic acid groups (broad SMARTS) is 1. The first-order valence-corrected chi connectivity index (χ1v) is 11.1. The van der Waals surface area contributed by atoms with Crippen LogP contribution in [0.1, 0.15) is 36.3 Å². The largest absolute Gasteiger partial charge is 0.480 e. The van der Waals surface area contributed by atoms with Crippen LogP contribution in [0.25, 0.3) is 11.1 Å². The molecule has 1 saturated carbocycles. The number of alkyl carbamates (subject to hydrolysis) is 1. The second-order valence-corrected chi connectivity index (χ2v) is 8.56. The molecule has 1 fully saturated rings. The molecule has 8 heteroatoms. The Bertz CT molecular complexity index is 990. The predicted octanol–water partition coefficient (Wildman–Crippen LogP) is 2.91. The molecule has 33 heavy (non-hydrogen) atoms. The zero-order chi connectivity index (χ0) is 23.4. The molecule has 2 aliphatic carbocycles. The van der Waals surface area contributed by atoms with E-state index in [0.717, 1.165) is 35.1 Å². The van der Waals surface area contributed by atoms with E-state index < -0.39 is 30.1 Å². The van der Waals surface area contributed by atoms with E-state index in [4.69, 9.17) is 9.47 Å². The minimum atomic E-state index is -1.20. The number of hydrogen-bond acceptors (Lipinski definition) is 5. The third-order valence-electron chi connectivity index (χ3n) is 6.17. The highest BCUT2D eigenvalue weighted by Gasteiger charge is 2.34. The fourth-order valence-corrected chi connectivity index (χ4v) is 4.31. The number of benzene rings is 2. The molecule has 0 aromatic heterocycles. The summed E-state index contributed by atoms with van der Waals surface area (Å²) in [7, 11) is 1.36. The third kappa shape index (κ3) is 5.34. The van der Waals surface area contributed by atoms with E-state index in [2.05, 4.69) is 22.8 Å². The topological polar surface area (TPSA) is 114 Å². The highest BCUT2D eigenvalue weighted by atomic mass is 16.5. The van der Waals surface area contributed by atoms with Gasteiger partial charge in [0.25, 0.3) is 0 Å². The van der Waals surface area contributed by atoms with Crippen LogP contribution in [-0.2, 0) is 19.1 Å². The Morgan fingerprint density at radius 1 is 0.970 bits per heavy atom. The van der Waals surface area contributed by atoms with E-state index in [1.165, 1.54) is 7.11 Å². The van der Waals surface area contributed by atoms with Gasteiger partial charge in [0, 0.05) is 13.0 Å². The molecule has 2 aromatic carbocycles. The van der Waals surface area contributed by atoms with Crippen LogP contribution in [0.4, 0.5) is 4.79 Å². The summed E-state index contributed by atoms with van der Waals surface area (Å²) in [6, 6.07) is 14.0. The van der Waals surface area contributed by atoms with Crippen molar-refractivity contribution in [3.63, 3.8) is 0 Å². The first-order valence-electron chi connectivity index (χ1n) is 11.1. The normalized spacial score (nSPS) is 16.3. The summed E-state index contributed by atoms with van der Waals surface area (Å²) in [5.74, 6) is -1.51. The average Bonchev–Trinajstić information content (AvgIpc) is 3.57. The summed E-state index contributed by atoms with van der Waals surface area (Å²) in [6.07, 6.45) is 1.71. The second kappa shape index (κ2) is 10.0. The van der Waals surface area contributed by atoms with Gasteiger partial charge in [-0.05, 0) is 34.6 Å². The van der Waals surface area contributed by atoms with Gasteiger partial charge in [-0.3, -0.25) is 4.79 Å². The molecule has 3 N–H and O–H groups in total. The van der Waals surface area contributed by atoms with Gasteiger partial charge in [0.2, 0.25) is 5.91 Å². The zero-order valence-corrected chi connectivity index (χ0v) is 18.5. The smallest absolute Gasteiger partial charge is 0.407 e. The van der Waals surface area contributed by atoms with Crippen molar-refractivity contribution in [1.82, 2.24) is 10.6 Å². The lowest BCUT2D eigenvalue weighted by Gasteiger charge is -2.21. The molecule has 0 saturated heterocycles. The van der Waals surface area contributed by atoms with Gasteiger partial charge in [-0.1, -0.05) is 61.4 Å². The third-order valence-corrected chi connectivity index (χ3v) is 6.17. The number of nitrogens with one attached hydrogen (secondary N) is 2. The summed E-state index contributed by atoms with van der Waals surface area (Å²) in [4.78, 5) is 36.7. The lowest BCUT2D eigenvalue weighted by molar-refractivity contribution is -0.143. The Morgan fingerprint density at radius 3 is 2.12 bits per heavy atom. The fraction of sp³-hybridized carbons (Fsp3) is 0.400. The predicted molar refractivity (Wildman–Crippen MR) is 121 cm³/mol. The summed E-state index contributed by atoms with van der Waals surface area (Å²) in [6.45, 7) is -0.0266. The number of aliphatic carboxylic acids is 1. The number of amides is 2. The lowest BCUT2D eigenvalue weighted by Crippen LogP contribution is -2.53. The van der Waals surface area contributed by atoms with Crippen molar-refractivity contribution < 1.29 is 29.0 Å². The molecular formula is C25H28N2O6. The monoisotopic (exact) mass is 452 g/mol. The standard InChI is InChI=1S/C25H28N2O6/c1-32-14-22(24(29)30)26-23(28)21(12-15-10-11-15)27-25(31)33-13-20-18-8-4-2-6-16(18)17-7-3-5-9-19(17)20/h2-9,15,20-22H,10-14H2,1H3,(H,26,28)(H,27,31)(H,29,30)/t21-,22?/m0/s1. The molecule has 2 aromatic rings. The molecule has 174 valence electrons. The van der Waals surface area contributed by atoms with Crippen molar-refractivity contribution in [3.8, 4) is 11.1 Å². The first kappa shape index (κ1) is 22.8. The molecule has 0 radical (unpaired) electrons. The van der Waals surface area contributed by atoms with Crippen LogP contribution in [0.15, 0.2) is 48.5 Å². The minimum Gasteiger partial charge on any atom is -0.480 e. The Balaban J connectivity index is 1.40. The van der Waals surface area contributed by atoms with E-state index >= 15 is 0 Å². The number of carboxylic acids is 1. The summed E-state index contributed by atoms with van der Waals surface area (Å²) < 4.78 is 10.4. The van der Waals surface area contributed by atoms with E-state index in [-0.39, 0.29) is 19.1 Å². The van der Waals surface area contributed by atoms with Crippen molar-refractivity contribution in [2.45, 2.75) is 37.3 Å². The van der Waals surface area contributed by atoms with Crippen LogP contribution in [-0.4, -0.2) is 55.5 Å². The minimum absolute atomic E-state index is 0.0862. The molecule has 8 nitrogen and oxygen atoms in total. The molecule has 0 aliphatic heterocycles. The quantitative estimate of drug-likeness (QED) is 0.511. The second-order valence-electron chi connectivity index (χ2n) is 8.56. The van der Waals surface area contributed by atoms with Crippen molar-refractivity contribution in [3.05, 3.63) is 59.7 Å². The number of hydrogen-bond donors (Lipinski definition) is 3. The molecule has 2 atom stereocenters. The molecule has 0 spiro atoms. The molecule has 0 heterocycles. The van der Waals surface area contributed by atoms with Gasteiger partial charge in [0.15, 0.2) is 6.04 Å². The molecule has 2 aliphatic rings. The summed E-state index contributed by atoms with van der Waals surface area (Å²) >= 11 is 0. The molecule has 2 amide bonds. The van der Waals surface area contributed by atoms with E-state index in [9.17, 15) is 19.5 Å². The highest BCUT2D eigenvalue weighted by Crippen LogP contribution is 2.44. The molecule has 0 bridgehead atoms. The van der Waals surface area contributed by atoms with Gasteiger partial charge in [-0.2, -0.15) is 0 Å². The SMILES string of the molecule is COCC(NC(=O)[C@H](CC1CC1)NC(=O)OCC1c2ccccc2-c2ccccc21)C(=O)O. The zero-order valence-electron chi connectivity index (χ0n) is 18.5. The Morgan fingerprint density at radius 2 is 1.58 bits per heavy atom. The number of methoxy groups -OCH3 is 1. The van der Waals surface area contributed by atoms with Gasteiger partial charge < -0.3 is 25.2 Å². The van der Waals surface area contributed by atoms with Crippen LogP contribution in [0, 0.1) is 5.92 Å². The van der Waals surface area contributed by atoms with Crippen LogP contribution in [0.2, 0.25) is 0 Å². The number of ether oxygens (including phenoxy) is 2. The van der Waals surface area contributed by atoms with Crippen molar-refractivity contribution in [2.75, 3.05) is 20.3 Å². The van der Waals surface area contributed by atoms with Crippen LogP contribution in [0.5, 0.6) is 0 Å². The number of fused-ring (bicyclic) bond motifs is 3. The average molecular weight is 453 g/mol. The van der Waals surface area contributed by atoms with Gasteiger partial charge in [0.1, 0.15) is 12.6 Å². The van der Waals surface area contributed by atoms with Crippen molar-refractivity contribution in [2.24, 2.45) is 5.92 Å². The van der Waals surface area contributed by atoms with Gasteiger partial charge in [-0.25, -0.2) is 9.59 Å². The van der Waals surface area contributed by atoms with E-state index in [0.29, 0.717) is 12.3 Å². The highest BCUT2D eigenvalue weighted by molar-refractivity contribution is 5.89. The lowest BCUT2D eigenvalue weighted by atomic mass is 9.98. The number of carbonyl (C=O) groups is 3. The maximum Gasteiger partial charge on any atom is 0.407 e. The van der Waals surface area contributed by atoms with Crippen LogP contribution < -0.4 is 10.6 Å². The Kier molecular flexibility index (Phi) is 6.93. The maximum atomic E-state index is 12.7. The number of carbonyl (C=O) groups excluding carboxylic acids is 2. The van der Waals surface area contributed by atoms with E-state index in [1.54, 1.807) is 0 Å². The molecule has 4 rings (SSSR count). The van der Waals surface area contributed by atoms with Crippen molar-refractivity contribution >= 4 is 18.0 Å². The number of rotatable bonds is 10. The van der Waals surface area contributed by atoms with Crippen LogP contribution in [0.3, 0.4) is 0 Å². The van der Waals surface area contributed by atoms with Crippen molar-refractivity contribution in [1.29, 1.82) is 0 Å².